The van der Waals surface area contributed by atoms with E-state index in [1.807, 2.05) is 0 Å². The summed E-state index contributed by atoms with van der Waals surface area (Å²) >= 11 is 0. The first kappa shape index (κ1) is 11.2. The van der Waals surface area contributed by atoms with Crippen molar-refractivity contribution in [1.29, 1.82) is 0 Å². The summed E-state index contributed by atoms with van der Waals surface area (Å²) in [6.45, 7) is 9.37. The Morgan fingerprint density at radius 2 is 1.45 bits per heavy atom. The van der Waals surface area contributed by atoms with Crippen LogP contribution in [0.15, 0.2) is 0 Å². The molecule has 0 aliphatic rings. The van der Waals surface area contributed by atoms with Crippen LogP contribution in [0.3, 0.4) is 0 Å². The maximum Gasteiger partial charge on any atom is 0.114 e. The van der Waals surface area contributed by atoms with Gasteiger partial charge in [-0.3, -0.25) is 0 Å². The minimum Gasteiger partial charge on any atom is -0.342 e. The molecule has 0 spiro atoms. The van der Waals surface area contributed by atoms with Gasteiger partial charge < -0.3 is 4.98 Å². The molecule has 0 heterocycles. The van der Waals surface area contributed by atoms with Gasteiger partial charge in [-0.1, -0.05) is 40.5 Å². The summed E-state index contributed by atoms with van der Waals surface area (Å²) in [5.41, 5.74) is 1.88. The average molecular weight is 173 g/mol. The predicted octanol–water partition coefficient (Wildman–Crippen LogP) is 2.53. The molecule has 0 saturated carbocycles. The van der Waals surface area contributed by atoms with Gasteiger partial charge in [-0.2, -0.15) is 0 Å². The maximum atomic E-state index is 3.54. The minimum atomic E-state index is -0.651. The average Bonchev–Trinajstić information content (AvgIpc) is 2.05. The lowest BCUT2D eigenvalue weighted by molar-refractivity contribution is 0.757. The van der Waals surface area contributed by atoms with E-state index in [0.717, 1.165) is 11.1 Å². The molecule has 1 N–H and O–H groups in total. The largest absolute Gasteiger partial charge is 0.342 e. The van der Waals surface area contributed by atoms with Crippen LogP contribution in [0.1, 0.15) is 40.5 Å². The lowest BCUT2D eigenvalue weighted by Gasteiger charge is -2.25. The summed E-state index contributed by atoms with van der Waals surface area (Å²) in [4.78, 5) is 3.54. The molecule has 2 heteroatoms. The molecule has 2 unspecified atom stereocenters. The van der Waals surface area contributed by atoms with Crippen molar-refractivity contribution in [3.8, 4) is 0 Å². The third kappa shape index (κ3) is 3.39. The van der Waals surface area contributed by atoms with Crippen molar-refractivity contribution in [1.82, 2.24) is 4.98 Å². The van der Waals surface area contributed by atoms with E-state index in [-0.39, 0.29) is 0 Å². The van der Waals surface area contributed by atoms with Gasteiger partial charge in [0.15, 0.2) is 0 Å². The summed E-state index contributed by atoms with van der Waals surface area (Å²) in [5.74, 6) is 0. The van der Waals surface area contributed by atoms with Gasteiger partial charge in [-0.25, -0.2) is 0 Å². The van der Waals surface area contributed by atoms with E-state index in [1.54, 1.807) is 0 Å². The molecular formula is C9H23NSi. The van der Waals surface area contributed by atoms with Crippen molar-refractivity contribution >= 4 is 8.96 Å². The zero-order valence-corrected chi connectivity index (χ0v) is 9.80. The monoisotopic (exact) mass is 173 g/mol. The van der Waals surface area contributed by atoms with Crippen molar-refractivity contribution in [2.75, 3.05) is 7.05 Å². The first-order valence-electron chi connectivity index (χ1n) is 4.84. The number of hydrogen-bond acceptors (Lipinski definition) is 1. The van der Waals surface area contributed by atoms with Crippen molar-refractivity contribution in [2.24, 2.45) is 0 Å². The van der Waals surface area contributed by atoms with Gasteiger partial charge in [0.05, 0.1) is 0 Å². The molecule has 0 aromatic rings. The quantitative estimate of drug-likeness (QED) is 0.630. The van der Waals surface area contributed by atoms with E-state index in [9.17, 15) is 0 Å². The van der Waals surface area contributed by atoms with Crippen LogP contribution in [-0.4, -0.2) is 16.0 Å². The van der Waals surface area contributed by atoms with Gasteiger partial charge in [0.1, 0.15) is 8.96 Å². The Bertz CT molecular complexity index is 85.6. The Kier molecular flexibility index (Phi) is 5.87. The van der Waals surface area contributed by atoms with Gasteiger partial charge in [-0.05, 0) is 18.1 Å². The molecule has 0 fully saturated rings. The summed E-state index contributed by atoms with van der Waals surface area (Å²) in [7, 11) is 1.48. The van der Waals surface area contributed by atoms with E-state index in [2.05, 4.69) is 39.7 Å². The van der Waals surface area contributed by atoms with E-state index >= 15 is 0 Å². The van der Waals surface area contributed by atoms with Crippen molar-refractivity contribution in [3.05, 3.63) is 0 Å². The second-order valence-corrected chi connectivity index (χ2v) is 7.49. The summed E-state index contributed by atoms with van der Waals surface area (Å²) < 4.78 is 0. The van der Waals surface area contributed by atoms with Gasteiger partial charge in [0.25, 0.3) is 0 Å². The number of hydrogen-bond donors (Lipinski definition) is 1. The molecule has 11 heavy (non-hydrogen) atoms. The third-order valence-corrected chi connectivity index (χ3v) is 6.91. The van der Waals surface area contributed by atoms with Crippen LogP contribution in [0.5, 0.6) is 0 Å². The molecule has 0 bridgehead atoms. The summed E-state index contributed by atoms with van der Waals surface area (Å²) in [6, 6.07) is 0. The van der Waals surface area contributed by atoms with Crippen LogP contribution < -0.4 is 4.98 Å². The van der Waals surface area contributed by atoms with E-state index in [1.165, 1.54) is 12.8 Å². The molecule has 68 valence electrons. The fourth-order valence-corrected chi connectivity index (χ4v) is 4.91. The lowest BCUT2D eigenvalue weighted by Crippen LogP contribution is -2.37. The standard InChI is InChI=1S/C9H23NSi/c1-6-8(3)11(10-5)9(4)7-2/h8-11H,6-7H2,1-5H3. The lowest BCUT2D eigenvalue weighted by atomic mass is 10.4. The fraction of sp³-hybridized carbons (Fsp3) is 1.00. The molecule has 0 aromatic heterocycles. The normalized spacial score (nSPS) is 19.4. The third-order valence-electron chi connectivity index (χ3n) is 2.85. The molecule has 2 atom stereocenters. The van der Waals surface area contributed by atoms with Crippen LogP contribution in [-0.2, 0) is 0 Å². The maximum absolute atomic E-state index is 3.54. The minimum absolute atomic E-state index is 0.651. The van der Waals surface area contributed by atoms with Crippen LogP contribution in [0.2, 0.25) is 11.1 Å². The highest BCUT2D eigenvalue weighted by atomic mass is 28.3. The van der Waals surface area contributed by atoms with Gasteiger partial charge in [0.2, 0.25) is 0 Å². The second-order valence-electron chi connectivity index (χ2n) is 3.59. The molecule has 0 saturated heterocycles. The Labute approximate surface area is 73.3 Å². The van der Waals surface area contributed by atoms with Crippen LogP contribution in [0, 0.1) is 0 Å². The van der Waals surface area contributed by atoms with E-state index in [4.69, 9.17) is 0 Å². The predicted molar refractivity (Wildman–Crippen MR) is 55.6 cm³/mol. The summed E-state index contributed by atoms with van der Waals surface area (Å²) in [5, 5.41) is 0. The number of nitrogens with one attached hydrogen (secondary N) is 1. The molecule has 0 aliphatic carbocycles. The van der Waals surface area contributed by atoms with Crippen LogP contribution in [0.4, 0.5) is 0 Å². The molecule has 0 amide bonds. The number of rotatable bonds is 5. The van der Waals surface area contributed by atoms with E-state index < -0.39 is 8.96 Å². The Morgan fingerprint density at radius 1 is 1.09 bits per heavy atom. The van der Waals surface area contributed by atoms with Crippen molar-refractivity contribution in [2.45, 2.75) is 51.6 Å². The van der Waals surface area contributed by atoms with Crippen molar-refractivity contribution < 1.29 is 0 Å². The highest BCUT2D eigenvalue weighted by Gasteiger charge is 2.20. The van der Waals surface area contributed by atoms with E-state index in [0.29, 0.717) is 0 Å². The Morgan fingerprint density at radius 3 is 1.64 bits per heavy atom. The van der Waals surface area contributed by atoms with Crippen molar-refractivity contribution in [3.63, 3.8) is 0 Å². The smallest absolute Gasteiger partial charge is 0.114 e. The molecular weight excluding hydrogens is 150 g/mol. The highest BCUT2D eigenvalue weighted by Crippen LogP contribution is 2.23. The first-order valence-corrected chi connectivity index (χ1v) is 6.75. The molecule has 1 nitrogen and oxygen atoms in total. The van der Waals surface area contributed by atoms with Gasteiger partial charge in [0, 0.05) is 0 Å². The van der Waals surface area contributed by atoms with Gasteiger partial charge >= 0.3 is 0 Å². The fourth-order valence-electron chi connectivity index (χ4n) is 1.64. The topological polar surface area (TPSA) is 12.0 Å². The van der Waals surface area contributed by atoms with Crippen LogP contribution in [0.25, 0.3) is 0 Å². The molecule has 0 rings (SSSR count). The Hall–Kier alpha value is 0.177. The highest BCUT2D eigenvalue weighted by molar-refractivity contribution is 6.59. The Balaban J connectivity index is 3.92. The SMILES string of the molecule is CCC(C)[SiH](NC)C(C)CC. The zero-order valence-electron chi connectivity index (χ0n) is 8.65. The second kappa shape index (κ2) is 5.78. The zero-order chi connectivity index (χ0) is 8.85. The molecule has 0 radical (unpaired) electrons. The first-order chi connectivity index (χ1) is 5.17. The van der Waals surface area contributed by atoms with Crippen LogP contribution >= 0.6 is 0 Å². The summed E-state index contributed by atoms with van der Waals surface area (Å²) in [6.07, 6.45) is 2.67. The van der Waals surface area contributed by atoms with Gasteiger partial charge in [-0.15, -0.1) is 0 Å². The molecule has 0 aromatic carbocycles. The molecule has 0 aliphatic heterocycles.